The van der Waals surface area contributed by atoms with Crippen LogP contribution in [0, 0.1) is 6.92 Å². The van der Waals surface area contributed by atoms with Crippen LogP contribution in [0.15, 0.2) is 46.7 Å². The van der Waals surface area contributed by atoms with Gasteiger partial charge < -0.3 is 9.88 Å². The van der Waals surface area contributed by atoms with Crippen molar-refractivity contribution in [1.82, 2.24) is 19.9 Å². The van der Waals surface area contributed by atoms with Gasteiger partial charge >= 0.3 is 0 Å². The summed E-state index contributed by atoms with van der Waals surface area (Å²) in [6, 6.07) is 9.70. The largest absolute Gasteiger partial charge is 0.337 e. The molecule has 0 unspecified atom stereocenters. The predicted molar refractivity (Wildman–Crippen MR) is 117 cm³/mol. The van der Waals surface area contributed by atoms with Gasteiger partial charge in [-0.1, -0.05) is 6.07 Å². The molecule has 4 aromatic rings. The van der Waals surface area contributed by atoms with Gasteiger partial charge in [-0.25, -0.2) is 4.98 Å². The van der Waals surface area contributed by atoms with Gasteiger partial charge in [-0.05, 0) is 38.1 Å². The first-order chi connectivity index (χ1) is 14.0. The lowest BCUT2D eigenvalue weighted by atomic mass is 10.2. The van der Waals surface area contributed by atoms with Crippen molar-refractivity contribution < 1.29 is 4.79 Å². The van der Waals surface area contributed by atoms with Crippen molar-refractivity contribution in [2.24, 2.45) is 0 Å². The second-order valence-corrected chi connectivity index (χ2v) is 8.80. The highest BCUT2D eigenvalue weighted by Crippen LogP contribution is 2.34. The molecule has 0 radical (unpaired) electrons. The van der Waals surface area contributed by atoms with Gasteiger partial charge in [0.25, 0.3) is 5.56 Å². The summed E-state index contributed by atoms with van der Waals surface area (Å²) in [5, 5.41) is 2.55. The van der Waals surface area contributed by atoms with Crippen LogP contribution in [0.1, 0.15) is 23.3 Å². The fourth-order valence-corrected chi connectivity index (χ4v) is 5.08. The molecule has 8 heteroatoms. The standard InChI is InChI=1S/C21H20N4O2S2/c1-3-25(11-14-6-4-5-9-22-14)18(26)10-17-23-20(27)19-15(12-28-21(19)24-17)16-8-7-13(2)29-16/h4-9,12H,3,10-11H2,1-2H3,(H,23,24,27). The maximum absolute atomic E-state index is 12.8. The number of aryl methyl sites for hydroxylation is 1. The zero-order valence-corrected chi connectivity index (χ0v) is 17.8. The molecule has 0 bridgehead atoms. The van der Waals surface area contributed by atoms with E-state index in [-0.39, 0.29) is 17.9 Å². The molecule has 6 nitrogen and oxygen atoms in total. The molecule has 4 heterocycles. The Morgan fingerprint density at radius 3 is 2.79 bits per heavy atom. The van der Waals surface area contributed by atoms with E-state index in [1.165, 1.54) is 16.2 Å². The Kier molecular flexibility index (Phi) is 5.55. The number of aromatic amines is 1. The number of H-pyrrole nitrogens is 1. The molecule has 0 aromatic carbocycles. The molecule has 29 heavy (non-hydrogen) atoms. The minimum Gasteiger partial charge on any atom is -0.337 e. The van der Waals surface area contributed by atoms with Gasteiger partial charge in [0.05, 0.1) is 24.0 Å². The van der Waals surface area contributed by atoms with E-state index in [9.17, 15) is 9.59 Å². The molecule has 1 amide bonds. The first kappa shape index (κ1) is 19.5. The van der Waals surface area contributed by atoms with E-state index in [0.29, 0.717) is 29.1 Å². The third-order valence-corrected chi connectivity index (χ3v) is 6.54. The van der Waals surface area contributed by atoms with Gasteiger partial charge in [-0.3, -0.25) is 14.6 Å². The van der Waals surface area contributed by atoms with E-state index in [0.717, 1.165) is 16.1 Å². The number of carbonyl (C=O) groups is 1. The summed E-state index contributed by atoms with van der Waals surface area (Å²) in [6.45, 7) is 4.96. The second-order valence-electron chi connectivity index (χ2n) is 6.66. The lowest BCUT2D eigenvalue weighted by molar-refractivity contribution is -0.131. The fraction of sp³-hybridized carbons (Fsp3) is 0.238. The highest BCUT2D eigenvalue weighted by atomic mass is 32.1. The zero-order valence-electron chi connectivity index (χ0n) is 16.1. The van der Waals surface area contributed by atoms with Crippen LogP contribution in [0.2, 0.25) is 0 Å². The molecule has 0 saturated carbocycles. The minimum atomic E-state index is -0.201. The van der Waals surface area contributed by atoms with Crippen LogP contribution in [0.5, 0.6) is 0 Å². The van der Waals surface area contributed by atoms with Gasteiger partial charge in [-0.15, -0.1) is 22.7 Å². The van der Waals surface area contributed by atoms with E-state index in [2.05, 4.69) is 15.0 Å². The number of rotatable bonds is 6. The summed E-state index contributed by atoms with van der Waals surface area (Å²) >= 11 is 3.08. The van der Waals surface area contributed by atoms with Crippen molar-refractivity contribution in [3.05, 3.63) is 68.7 Å². The van der Waals surface area contributed by atoms with Gasteiger partial charge in [-0.2, -0.15) is 0 Å². The number of nitrogens with zero attached hydrogens (tertiary/aromatic N) is 3. The Bertz CT molecular complexity index is 1210. The molecule has 148 valence electrons. The summed E-state index contributed by atoms with van der Waals surface area (Å²) in [4.78, 5) is 41.8. The van der Waals surface area contributed by atoms with Crippen LogP contribution in [-0.4, -0.2) is 32.3 Å². The van der Waals surface area contributed by atoms with Crippen LogP contribution < -0.4 is 5.56 Å². The normalized spacial score (nSPS) is 11.1. The average Bonchev–Trinajstić information content (AvgIpc) is 3.33. The van der Waals surface area contributed by atoms with Crippen molar-refractivity contribution in [2.75, 3.05) is 6.54 Å². The lowest BCUT2D eigenvalue weighted by Gasteiger charge is -2.20. The number of likely N-dealkylation sites (N-methyl/N-ethyl adjacent to an activating group) is 1. The van der Waals surface area contributed by atoms with Gasteiger partial charge in [0, 0.05) is 33.4 Å². The smallest absolute Gasteiger partial charge is 0.260 e. The molecule has 4 rings (SSSR count). The molecule has 4 aromatic heterocycles. The predicted octanol–water partition coefficient (Wildman–Crippen LogP) is 4.01. The topological polar surface area (TPSA) is 79.0 Å². The number of hydrogen-bond donors (Lipinski definition) is 1. The molecule has 1 N–H and O–H groups in total. The molecule has 0 atom stereocenters. The number of carbonyl (C=O) groups excluding carboxylic acids is 1. The molecule has 0 saturated heterocycles. The molecular weight excluding hydrogens is 404 g/mol. The third-order valence-electron chi connectivity index (χ3n) is 4.63. The summed E-state index contributed by atoms with van der Waals surface area (Å²) < 4.78 is 0. The number of aromatic nitrogens is 3. The number of fused-ring (bicyclic) bond motifs is 1. The van der Waals surface area contributed by atoms with Crippen LogP contribution in [0.25, 0.3) is 20.7 Å². The maximum Gasteiger partial charge on any atom is 0.260 e. The molecule has 0 fully saturated rings. The Morgan fingerprint density at radius 1 is 1.24 bits per heavy atom. The van der Waals surface area contributed by atoms with E-state index in [4.69, 9.17) is 0 Å². The minimum absolute atomic E-state index is 0.0528. The van der Waals surface area contributed by atoms with Crippen molar-refractivity contribution in [1.29, 1.82) is 0 Å². The maximum atomic E-state index is 12.8. The van der Waals surface area contributed by atoms with Gasteiger partial charge in [0.15, 0.2) is 0 Å². The van der Waals surface area contributed by atoms with Gasteiger partial charge in [0.2, 0.25) is 5.91 Å². The molecule has 0 aliphatic heterocycles. The molecule has 0 aliphatic rings. The summed E-state index contributed by atoms with van der Waals surface area (Å²) in [5.41, 5.74) is 1.53. The highest BCUT2D eigenvalue weighted by molar-refractivity contribution is 7.19. The van der Waals surface area contributed by atoms with Crippen molar-refractivity contribution >= 4 is 38.8 Å². The summed E-state index contributed by atoms with van der Waals surface area (Å²) in [5.74, 6) is 0.300. The first-order valence-corrected chi connectivity index (χ1v) is 11.0. The number of amides is 1. The Labute approximate surface area is 175 Å². The van der Waals surface area contributed by atoms with Crippen molar-refractivity contribution in [2.45, 2.75) is 26.8 Å². The van der Waals surface area contributed by atoms with Crippen LogP contribution in [0.3, 0.4) is 0 Å². The second kappa shape index (κ2) is 8.26. The summed E-state index contributed by atoms with van der Waals surface area (Å²) in [6.07, 6.45) is 1.77. The van der Waals surface area contributed by atoms with Gasteiger partial charge in [0.1, 0.15) is 10.7 Å². The van der Waals surface area contributed by atoms with Crippen molar-refractivity contribution in [3.63, 3.8) is 0 Å². The monoisotopic (exact) mass is 424 g/mol. The van der Waals surface area contributed by atoms with E-state index in [1.54, 1.807) is 22.4 Å². The summed E-state index contributed by atoms with van der Waals surface area (Å²) in [7, 11) is 0. The van der Waals surface area contributed by atoms with Crippen molar-refractivity contribution in [3.8, 4) is 10.4 Å². The SMILES string of the molecule is CCN(Cc1ccccn1)C(=O)Cc1nc2scc(-c3ccc(C)s3)c2c(=O)[nH]1. The van der Waals surface area contributed by atoms with Crippen LogP contribution in [-0.2, 0) is 17.8 Å². The molecule has 0 spiro atoms. The molecular formula is C21H20N4O2S2. The van der Waals surface area contributed by atoms with E-state index in [1.807, 2.05) is 49.6 Å². The average molecular weight is 425 g/mol. The van der Waals surface area contributed by atoms with E-state index >= 15 is 0 Å². The third kappa shape index (κ3) is 4.13. The quantitative estimate of drug-likeness (QED) is 0.507. The first-order valence-electron chi connectivity index (χ1n) is 9.30. The van der Waals surface area contributed by atoms with E-state index < -0.39 is 0 Å². The number of hydrogen-bond acceptors (Lipinski definition) is 6. The highest BCUT2D eigenvalue weighted by Gasteiger charge is 2.18. The van der Waals surface area contributed by atoms with Crippen LogP contribution in [0.4, 0.5) is 0 Å². The fourth-order valence-electron chi connectivity index (χ4n) is 3.16. The zero-order chi connectivity index (χ0) is 20.4. The van der Waals surface area contributed by atoms with Crippen LogP contribution >= 0.6 is 22.7 Å². The number of nitrogens with one attached hydrogen (secondary N) is 1. The lowest BCUT2D eigenvalue weighted by Crippen LogP contribution is -2.32. The number of pyridine rings is 1. The Balaban J connectivity index is 1.58. The Hall–Kier alpha value is -2.84. The molecule has 0 aliphatic carbocycles. The Morgan fingerprint density at radius 2 is 2.10 bits per heavy atom. The number of thiophene rings is 2.